The summed E-state index contributed by atoms with van der Waals surface area (Å²) in [6.07, 6.45) is -3.04. The van der Waals surface area contributed by atoms with Crippen LogP contribution in [0.15, 0.2) is 84.9 Å². The Kier molecular flexibility index (Phi) is 7.22. The monoisotopic (exact) mass is 392 g/mol. The molecule has 2 unspecified atom stereocenters. The molecule has 2 atom stereocenters. The summed E-state index contributed by atoms with van der Waals surface area (Å²) in [7, 11) is 0. The smallest absolute Gasteiger partial charge is 0.407 e. The van der Waals surface area contributed by atoms with E-state index in [4.69, 9.17) is 4.74 Å². The van der Waals surface area contributed by atoms with Crippen molar-refractivity contribution in [2.45, 2.75) is 18.8 Å². The van der Waals surface area contributed by atoms with Crippen LogP contribution < -0.4 is 10.6 Å². The number of rotatable bonds is 8. The van der Waals surface area contributed by atoms with Crippen LogP contribution in [0.25, 0.3) is 0 Å². The third-order valence-electron chi connectivity index (χ3n) is 4.36. The van der Waals surface area contributed by atoms with Gasteiger partial charge in [-0.15, -0.1) is 0 Å². The van der Waals surface area contributed by atoms with Gasteiger partial charge in [-0.25, -0.2) is 4.79 Å². The second-order valence-corrected chi connectivity index (χ2v) is 6.53. The molecule has 0 bridgehead atoms. The van der Waals surface area contributed by atoms with Crippen molar-refractivity contribution in [1.29, 1.82) is 0 Å². The number of ether oxygens (including phenoxy) is 1. The van der Waals surface area contributed by atoms with Gasteiger partial charge in [-0.05, 0) is 23.8 Å². The lowest BCUT2D eigenvalue weighted by Gasteiger charge is -2.21. The number of aliphatic hydroxyl groups excluding tert-OH is 2. The van der Waals surface area contributed by atoms with Gasteiger partial charge in [0.05, 0.1) is 0 Å². The first kappa shape index (κ1) is 20.4. The Morgan fingerprint density at radius 2 is 1.48 bits per heavy atom. The summed E-state index contributed by atoms with van der Waals surface area (Å²) >= 11 is 0. The van der Waals surface area contributed by atoms with Gasteiger partial charge in [-0.2, -0.15) is 0 Å². The first-order chi connectivity index (χ1) is 14.1. The molecule has 0 saturated carbocycles. The molecule has 29 heavy (non-hydrogen) atoms. The molecule has 0 heterocycles. The van der Waals surface area contributed by atoms with Gasteiger partial charge in [0.1, 0.15) is 18.8 Å². The average Bonchev–Trinajstić information content (AvgIpc) is 2.77. The van der Waals surface area contributed by atoms with E-state index in [-0.39, 0.29) is 13.2 Å². The van der Waals surface area contributed by atoms with Crippen molar-refractivity contribution in [3.63, 3.8) is 0 Å². The van der Waals surface area contributed by atoms with E-state index in [0.717, 1.165) is 11.3 Å². The summed E-state index contributed by atoms with van der Waals surface area (Å²) < 4.78 is 5.11. The van der Waals surface area contributed by atoms with Crippen LogP contribution in [0, 0.1) is 0 Å². The fraction of sp³-hybridized carbons (Fsp3) is 0.174. The van der Waals surface area contributed by atoms with Gasteiger partial charge >= 0.3 is 6.09 Å². The number of carbonyl (C=O) groups excluding carboxylic acids is 1. The zero-order valence-corrected chi connectivity index (χ0v) is 15.9. The molecular weight excluding hydrogens is 368 g/mol. The van der Waals surface area contributed by atoms with Crippen molar-refractivity contribution in [1.82, 2.24) is 5.32 Å². The molecule has 150 valence electrons. The summed E-state index contributed by atoms with van der Waals surface area (Å²) in [5.41, 5.74) is 2.94. The predicted octanol–water partition coefficient (Wildman–Crippen LogP) is 3.75. The number of alkyl carbamates (subject to hydrolysis) is 1. The Hall–Kier alpha value is -3.35. The first-order valence-electron chi connectivity index (χ1n) is 9.35. The van der Waals surface area contributed by atoms with Crippen molar-refractivity contribution in [3.8, 4) is 0 Å². The maximum Gasteiger partial charge on any atom is 0.407 e. The Labute approximate surface area is 169 Å². The van der Waals surface area contributed by atoms with Crippen molar-refractivity contribution >= 4 is 17.5 Å². The van der Waals surface area contributed by atoms with E-state index in [0.29, 0.717) is 11.3 Å². The van der Waals surface area contributed by atoms with Crippen LogP contribution in [0.5, 0.6) is 0 Å². The Morgan fingerprint density at radius 1 is 0.862 bits per heavy atom. The quantitative estimate of drug-likeness (QED) is 0.469. The van der Waals surface area contributed by atoms with E-state index >= 15 is 0 Å². The highest BCUT2D eigenvalue weighted by molar-refractivity contribution is 5.67. The van der Waals surface area contributed by atoms with E-state index < -0.39 is 18.3 Å². The number of hydrogen-bond acceptors (Lipinski definition) is 5. The van der Waals surface area contributed by atoms with E-state index in [2.05, 4.69) is 10.6 Å². The highest BCUT2D eigenvalue weighted by Gasteiger charge is 2.22. The lowest BCUT2D eigenvalue weighted by molar-refractivity contribution is 0.0188. The number of nitrogens with one attached hydrogen (secondary N) is 2. The molecule has 0 saturated heterocycles. The second-order valence-electron chi connectivity index (χ2n) is 6.53. The highest BCUT2D eigenvalue weighted by Crippen LogP contribution is 2.27. The van der Waals surface area contributed by atoms with Gasteiger partial charge in [0.25, 0.3) is 0 Å². The van der Waals surface area contributed by atoms with Crippen LogP contribution in [-0.2, 0) is 11.3 Å². The molecule has 4 N–H and O–H groups in total. The molecule has 3 aromatic rings. The van der Waals surface area contributed by atoms with Crippen molar-refractivity contribution in [3.05, 3.63) is 96.1 Å². The van der Waals surface area contributed by atoms with Gasteiger partial charge < -0.3 is 25.6 Å². The topological polar surface area (TPSA) is 90.8 Å². The number of benzene rings is 3. The van der Waals surface area contributed by atoms with Crippen LogP contribution in [0.2, 0.25) is 0 Å². The summed E-state index contributed by atoms with van der Waals surface area (Å²) in [5, 5.41) is 26.6. The molecule has 6 nitrogen and oxygen atoms in total. The molecule has 3 rings (SSSR count). The largest absolute Gasteiger partial charge is 0.445 e. The Morgan fingerprint density at radius 3 is 2.21 bits per heavy atom. The molecule has 0 aliphatic carbocycles. The van der Waals surface area contributed by atoms with E-state index in [9.17, 15) is 15.0 Å². The number of aliphatic hydroxyl groups is 2. The van der Waals surface area contributed by atoms with Crippen LogP contribution in [-0.4, -0.2) is 29.0 Å². The minimum atomic E-state index is -1.20. The van der Waals surface area contributed by atoms with Crippen molar-refractivity contribution in [2.24, 2.45) is 0 Å². The summed E-state index contributed by atoms with van der Waals surface area (Å²) in [5.74, 6) is 0. The fourth-order valence-electron chi connectivity index (χ4n) is 2.83. The molecule has 0 aromatic heterocycles. The van der Waals surface area contributed by atoms with Crippen LogP contribution in [0.1, 0.15) is 17.2 Å². The average molecular weight is 392 g/mol. The van der Waals surface area contributed by atoms with E-state index in [1.165, 1.54) is 0 Å². The first-order valence-corrected chi connectivity index (χ1v) is 9.35. The highest BCUT2D eigenvalue weighted by atomic mass is 16.5. The number of amides is 1. The molecule has 1 amide bonds. The standard InChI is InChI=1S/C23H24N2O4/c26-21(15-24-23(28)29-16-17-9-3-1-4-10-17)22(27)19-13-7-8-14-20(19)25-18-11-5-2-6-12-18/h1-14,21-22,25-27H,15-16H2,(H,24,28). The molecule has 0 aliphatic heterocycles. The molecule has 0 fully saturated rings. The van der Waals surface area contributed by atoms with Gasteiger partial charge in [0, 0.05) is 23.5 Å². The fourth-order valence-corrected chi connectivity index (χ4v) is 2.83. The minimum Gasteiger partial charge on any atom is -0.445 e. The molecule has 0 spiro atoms. The molecule has 0 radical (unpaired) electrons. The zero-order chi connectivity index (χ0) is 20.5. The minimum absolute atomic E-state index is 0.134. The Bertz CT molecular complexity index is 903. The molecule has 6 heteroatoms. The summed E-state index contributed by atoms with van der Waals surface area (Å²) in [6, 6.07) is 26.0. The van der Waals surface area contributed by atoms with Crippen LogP contribution >= 0.6 is 0 Å². The third kappa shape index (κ3) is 6.07. The van der Waals surface area contributed by atoms with E-state index in [1.807, 2.05) is 72.8 Å². The summed E-state index contributed by atoms with van der Waals surface area (Å²) in [4.78, 5) is 11.8. The molecule has 0 aliphatic rings. The number of anilines is 2. The number of carbonyl (C=O) groups is 1. The van der Waals surface area contributed by atoms with Gasteiger partial charge in [0.15, 0.2) is 0 Å². The lowest BCUT2D eigenvalue weighted by Crippen LogP contribution is -2.36. The normalized spacial score (nSPS) is 12.6. The van der Waals surface area contributed by atoms with E-state index in [1.54, 1.807) is 12.1 Å². The maximum absolute atomic E-state index is 11.8. The molecular formula is C23H24N2O4. The molecule has 3 aromatic carbocycles. The Balaban J connectivity index is 1.54. The zero-order valence-electron chi connectivity index (χ0n) is 15.9. The van der Waals surface area contributed by atoms with Gasteiger partial charge in [0.2, 0.25) is 0 Å². The van der Waals surface area contributed by atoms with Crippen molar-refractivity contribution < 1.29 is 19.7 Å². The lowest BCUT2D eigenvalue weighted by atomic mass is 10.0. The number of hydrogen-bond donors (Lipinski definition) is 4. The van der Waals surface area contributed by atoms with Gasteiger partial charge in [-0.1, -0.05) is 66.7 Å². The predicted molar refractivity (Wildman–Crippen MR) is 112 cm³/mol. The van der Waals surface area contributed by atoms with Crippen LogP contribution in [0.4, 0.5) is 16.2 Å². The van der Waals surface area contributed by atoms with Gasteiger partial charge in [-0.3, -0.25) is 0 Å². The number of para-hydroxylation sites is 2. The maximum atomic E-state index is 11.8. The summed E-state index contributed by atoms with van der Waals surface area (Å²) in [6.45, 7) is -0.0103. The second kappa shape index (κ2) is 10.3. The van der Waals surface area contributed by atoms with Crippen LogP contribution in [0.3, 0.4) is 0 Å². The van der Waals surface area contributed by atoms with Crippen molar-refractivity contribution in [2.75, 3.05) is 11.9 Å². The third-order valence-corrected chi connectivity index (χ3v) is 4.36. The SMILES string of the molecule is O=C(NCC(O)C(O)c1ccccc1Nc1ccccc1)OCc1ccccc1.